The van der Waals surface area contributed by atoms with Crippen LogP contribution in [0.15, 0.2) is 47.6 Å². The van der Waals surface area contributed by atoms with Crippen molar-refractivity contribution < 1.29 is 19.7 Å². The highest BCUT2D eigenvalue weighted by atomic mass is 16.5. The Kier molecular flexibility index (Phi) is 9.62. The summed E-state index contributed by atoms with van der Waals surface area (Å²) in [6, 6.07) is 12.4. The van der Waals surface area contributed by atoms with Crippen molar-refractivity contribution in [3.63, 3.8) is 0 Å². The maximum absolute atomic E-state index is 10.9. The first kappa shape index (κ1) is 20.3. The van der Waals surface area contributed by atoms with Crippen LogP contribution in [-0.2, 0) is 6.61 Å². The average molecular weight is 319 g/mol. The Labute approximate surface area is 135 Å². The molecule has 0 aliphatic rings. The summed E-state index contributed by atoms with van der Waals surface area (Å²) in [6.45, 7) is 4.34. The Morgan fingerprint density at radius 2 is 1.74 bits per heavy atom. The molecule has 2 aromatic rings. The standard InChI is InChI=1S/C15H13NO4.C2H6.H2O/c1-19-14-8-13(16-18)12(9-17)7-15(14)20-10-11-5-3-2-4-6-11;1-2;/h2-9H,10H2,1H3;1-2H3;1H2. The number of ether oxygens (including phenoxy) is 2. The Morgan fingerprint density at radius 3 is 2.26 bits per heavy atom. The van der Waals surface area contributed by atoms with E-state index < -0.39 is 0 Å². The predicted octanol–water partition coefficient (Wildman–Crippen LogP) is 3.69. The highest BCUT2D eigenvalue weighted by Gasteiger charge is 2.12. The van der Waals surface area contributed by atoms with E-state index in [1.807, 2.05) is 44.2 Å². The van der Waals surface area contributed by atoms with E-state index in [9.17, 15) is 9.70 Å². The molecule has 6 heteroatoms. The van der Waals surface area contributed by atoms with Crippen molar-refractivity contribution in [2.24, 2.45) is 5.18 Å². The third kappa shape index (κ3) is 5.52. The summed E-state index contributed by atoms with van der Waals surface area (Å²) in [5, 5.41) is 2.79. The number of benzene rings is 2. The molecule has 124 valence electrons. The Morgan fingerprint density at radius 1 is 1.09 bits per heavy atom. The first-order valence-electron chi connectivity index (χ1n) is 6.95. The Balaban J connectivity index is 0.00000155. The third-order valence-corrected chi connectivity index (χ3v) is 2.78. The minimum Gasteiger partial charge on any atom is -0.493 e. The van der Waals surface area contributed by atoms with Gasteiger partial charge in [0.1, 0.15) is 12.3 Å². The van der Waals surface area contributed by atoms with Crippen molar-refractivity contribution in [3.8, 4) is 11.5 Å². The number of nitroso groups, excluding NO2 is 1. The number of nitrogens with zero attached hydrogens (tertiary/aromatic N) is 1. The molecule has 0 amide bonds. The molecule has 0 heterocycles. The number of aldehydes is 1. The van der Waals surface area contributed by atoms with Crippen molar-refractivity contribution in [1.29, 1.82) is 0 Å². The minimum absolute atomic E-state index is 0. The second kappa shape index (κ2) is 10.9. The summed E-state index contributed by atoms with van der Waals surface area (Å²) in [6.07, 6.45) is 0.561. The van der Waals surface area contributed by atoms with Gasteiger partial charge >= 0.3 is 0 Å². The second-order valence-corrected chi connectivity index (χ2v) is 4.05. The smallest absolute Gasteiger partial charge is 0.163 e. The van der Waals surface area contributed by atoms with Gasteiger partial charge in [-0.05, 0) is 16.8 Å². The molecule has 2 N–H and O–H groups in total. The molecule has 0 saturated heterocycles. The van der Waals surface area contributed by atoms with Crippen LogP contribution in [0.3, 0.4) is 0 Å². The fourth-order valence-corrected chi connectivity index (χ4v) is 1.75. The van der Waals surface area contributed by atoms with Crippen LogP contribution in [0.1, 0.15) is 29.8 Å². The molecule has 6 nitrogen and oxygen atoms in total. The van der Waals surface area contributed by atoms with E-state index in [-0.39, 0.29) is 16.7 Å². The molecule has 0 atom stereocenters. The SMILES string of the molecule is CC.COc1cc(N=O)c(C=O)cc1OCc1ccccc1.O. The zero-order valence-corrected chi connectivity index (χ0v) is 13.4. The molecule has 0 fully saturated rings. The second-order valence-electron chi connectivity index (χ2n) is 4.05. The van der Waals surface area contributed by atoms with Gasteiger partial charge in [0.15, 0.2) is 17.8 Å². The lowest BCUT2D eigenvalue weighted by Gasteiger charge is -2.12. The van der Waals surface area contributed by atoms with Crippen LogP contribution in [0.2, 0.25) is 0 Å². The number of hydrogen-bond acceptors (Lipinski definition) is 5. The van der Waals surface area contributed by atoms with Gasteiger partial charge in [0.25, 0.3) is 0 Å². The molecule has 0 bridgehead atoms. The van der Waals surface area contributed by atoms with Gasteiger partial charge in [-0.3, -0.25) is 4.79 Å². The van der Waals surface area contributed by atoms with Gasteiger partial charge in [0.05, 0.1) is 7.11 Å². The quantitative estimate of drug-likeness (QED) is 0.599. The van der Waals surface area contributed by atoms with Crippen LogP contribution in [-0.4, -0.2) is 18.9 Å². The third-order valence-electron chi connectivity index (χ3n) is 2.78. The number of methoxy groups -OCH3 is 1. The van der Waals surface area contributed by atoms with Crippen molar-refractivity contribution in [3.05, 3.63) is 58.5 Å². The van der Waals surface area contributed by atoms with Gasteiger partial charge in [-0.25, -0.2) is 0 Å². The average Bonchev–Trinajstić information content (AvgIpc) is 2.61. The van der Waals surface area contributed by atoms with E-state index >= 15 is 0 Å². The normalized spacial score (nSPS) is 8.83. The van der Waals surface area contributed by atoms with E-state index in [4.69, 9.17) is 9.47 Å². The van der Waals surface area contributed by atoms with Crippen LogP contribution in [0.4, 0.5) is 5.69 Å². The van der Waals surface area contributed by atoms with E-state index in [2.05, 4.69) is 5.18 Å². The summed E-state index contributed by atoms with van der Waals surface area (Å²) in [5.41, 5.74) is 1.19. The molecule has 23 heavy (non-hydrogen) atoms. The van der Waals surface area contributed by atoms with Crippen LogP contribution in [0.5, 0.6) is 11.5 Å². The molecule has 0 spiro atoms. The Hall–Kier alpha value is -2.73. The van der Waals surface area contributed by atoms with Crippen molar-refractivity contribution in [1.82, 2.24) is 0 Å². The van der Waals surface area contributed by atoms with Crippen LogP contribution in [0.25, 0.3) is 0 Å². The first-order chi connectivity index (χ1) is 10.8. The highest BCUT2D eigenvalue weighted by Crippen LogP contribution is 2.34. The van der Waals surface area contributed by atoms with Gasteiger partial charge in [0.2, 0.25) is 0 Å². The summed E-state index contributed by atoms with van der Waals surface area (Å²) in [5.74, 6) is 0.756. The minimum atomic E-state index is 0. The lowest BCUT2D eigenvalue weighted by atomic mass is 10.1. The zero-order chi connectivity index (χ0) is 16.4. The van der Waals surface area contributed by atoms with Gasteiger partial charge in [-0.2, -0.15) is 0 Å². The number of rotatable bonds is 6. The number of hydrogen-bond donors (Lipinski definition) is 0. The predicted molar refractivity (Wildman–Crippen MR) is 89.6 cm³/mol. The van der Waals surface area contributed by atoms with Gasteiger partial charge in [-0.15, -0.1) is 4.91 Å². The van der Waals surface area contributed by atoms with E-state index in [1.54, 1.807) is 0 Å². The fraction of sp³-hybridized carbons (Fsp3) is 0.235. The van der Waals surface area contributed by atoms with Gasteiger partial charge in [-0.1, -0.05) is 44.2 Å². The topological polar surface area (TPSA) is 96.5 Å². The maximum atomic E-state index is 10.9. The summed E-state index contributed by atoms with van der Waals surface area (Å²) >= 11 is 0. The van der Waals surface area contributed by atoms with Crippen LogP contribution in [0, 0.1) is 4.91 Å². The van der Waals surface area contributed by atoms with E-state index in [1.165, 1.54) is 19.2 Å². The van der Waals surface area contributed by atoms with Crippen LogP contribution < -0.4 is 9.47 Å². The number of carbonyl (C=O) groups is 1. The Bertz CT molecular complexity index is 614. The number of carbonyl (C=O) groups excluding carboxylic acids is 1. The molecular weight excluding hydrogens is 298 g/mol. The van der Waals surface area contributed by atoms with Crippen LogP contribution >= 0.6 is 0 Å². The van der Waals surface area contributed by atoms with Crippen molar-refractivity contribution in [2.45, 2.75) is 20.5 Å². The highest BCUT2D eigenvalue weighted by molar-refractivity contribution is 5.84. The summed E-state index contributed by atoms with van der Waals surface area (Å²) < 4.78 is 10.8. The molecular formula is C17H21NO5. The van der Waals surface area contributed by atoms with E-state index in [0.29, 0.717) is 24.4 Å². The summed E-state index contributed by atoms with van der Waals surface area (Å²) in [7, 11) is 1.46. The van der Waals surface area contributed by atoms with Gasteiger partial charge in [0, 0.05) is 11.6 Å². The van der Waals surface area contributed by atoms with Gasteiger partial charge < -0.3 is 14.9 Å². The van der Waals surface area contributed by atoms with Crippen molar-refractivity contribution >= 4 is 12.0 Å². The lowest BCUT2D eigenvalue weighted by Crippen LogP contribution is -1.98. The maximum Gasteiger partial charge on any atom is 0.163 e. The molecule has 2 aromatic carbocycles. The van der Waals surface area contributed by atoms with E-state index in [0.717, 1.165) is 5.56 Å². The monoisotopic (exact) mass is 319 g/mol. The molecule has 0 radical (unpaired) electrons. The molecule has 0 aliphatic carbocycles. The molecule has 0 aromatic heterocycles. The lowest BCUT2D eigenvalue weighted by molar-refractivity contribution is 0.112. The fourth-order valence-electron chi connectivity index (χ4n) is 1.75. The molecule has 0 unspecified atom stereocenters. The largest absolute Gasteiger partial charge is 0.493 e. The molecule has 2 rings (SSSR count). The van der Waals surface area contributed by atoms with Crippen molar-refractivity contribution in [2.75, 3.05) is 7.11 Å². The molecule has 0 saturated carbocycles. The zero-order valence-electron chi connectivity index (χ0n) is 13.4. The first-order valence-corrected chi connectivity index (χ1v) is 6.95. The molecule has 0 aliphatic heterocycles. The summed E-state index contributed by atoms with van der Waals surface area (Å²) in [4.78, 5) is 21.6.